The largest absolute Gasteiger partial charge is 0.492 e. The molecular weight excluding hydrogens is 321 g/mol. The summed E-state index contributed by atoms with van der Waals surface area (Å²) in [6.45, 7) is 2.31. The van der Waals surface area contributed by atoms with Crippen molar-refractivity contribution in [3.8, 4) is 17.0 Å². The Morgan fingerprint density at radius 1 is 1.45 bits per heavy atom. The van der Waals surface area contributed by atoms with Gasteiger partial charge in [0.25, 0.3) is 0 Å². The fourth-order valence-corrected chi connectivity index (χ4v) is 3.02. The normalized spacial score (nSPS) is 10.6. The van der Waals surface area contributed by atoms with Gasteiger partial charge < -0.3 is 9.84 Å². The van der Waals surface area contributed by atoms with Crippen LogP contribution in [0.2, 0.25) is 10.0 Å². The van der Waals surface area contributed by atoms with Crippen LogP contribution < -0.4 is 4.74 Å². The molecule has 0 unspecified atom stereocenters. The number of nitrogens with zero attached hydrogens (tertiary/aromatic N) is 1. The smallest absolute Gasteiger partial charge is 0.310 e. The van der Waals surface area contributed by atoms with Gasteiger partial charge in [-0.1, -0.05) is 23.2 Å². The van der Waals surface area contributed by atoms with Crippen LogP contribution in [0, 0.1) is 0 Å². The Bertz CT molecular complexity index is 643. The molecule has 2 aromatic rings. The maximum absolute atomic E-state index is 10.7. The first kappa shape index (κ1) is 15.1. The number of aromatic nitrogens is 1. The summed E-state index contributed by atoms with van der Waals surface area (Å²) in [4.78, 5) is 15.0. The monoisotopic (exact) mass is 331 g/mol. The van der Waals surface area contributed by atoms with Crippen molar-refractivity contribution in [3.05, 3.63) is 32.6 Å². The predicted molar refractivity (Wildman–Crippen MR) is 80.1 cm³/mol. The second-order valence-corrected chi connectivity index (χ2v) is 5.68. The zero-order valence-electron chi connectivity index (χ0n) is 10.5. The van der Waals surface area contributed by atoms with Gasteiger partial charge in [0.05, 0.1) is 23.7 Å². The molecule has 1 heterocycles. The van der Waals surface area contributed by atoms with Crippen LogP contribution in [0.3, 0.4) is 0 Å². The van der Waals surface area contributed by atoms with Gasteiger partial charge in [-0.05, 0) is 19.1 Å². The van der Waals surface area contributed by atoms with Gasteiger partial charge in [0.15, 0.2) is 0 Å². The van der Waals surface area contributed by atoms with E-state index in [0.717, 1.165) is 0 Å². The highest BCUT2D eigenvalue weighted by molar-refractivity contribution is 7.10. The third-order valence-electron chi connectivity index (χ3n) is 2.43. The minimum absolute atomic E-state index is 0.108. The first-order valence-corrected chi connectivity index (χ1v) is 7.43. The number of halogens is 2. The number of hydrogen-bond acceptors (Lipinski definition) is 4. The maximum atomic E-state index is 10.7. The highest BCUT2D eigenvalue weighted by Crippen LogP contribution is 2.39. The number of hydrogen-bond donors (Lipinski definition) is 1. The van der Waals surface area contributed by atoms with E-state index < -0.39 is 5.97 Å². The molecular formula is C13H11Cl2NO3S. The molecule has 0 spiro atoms. The van der Waals surface area contributed by atoms with Crippen molar-refractivity contribution in [2.24, 2.45) is 0 Å². The Hall–Kier alpha value is -1.30. The lowest BCUT2D eigenvalue weighted by Gasteiger charge is -2.11. The molecule has 0 radical (unpaired) electrons. The molecule has 0 atom stereocenters. The summed E-state index contributed by atoms with van der Waals surface area (Å²) in [5.74, 6) is -0.411. The average molecular weight is 332 g/mol. The van der Waals surface area contributed by atoms with Crippen LogP contribution in [0.4, 0.5) is 0 Å². The molecule has 20 heavy (non-hydrogen) atoms. The van der Waals surface area contributed by atoms with E-state index in [1.54, 1.807) is 17.5 Å². The molecule has 4 nitrogen and oxygen atoms in total. The van der Waals surface area contributed by atoms with Gasteiger partial charge in [0.1, 0.15) is 10.8 Å². The summed E-state index contributed by atoms with van der Waals surface area (Å²) in [5, 5.41) is 11.9. The molecule has 0 amide bonds. The van der Waals surface area contributed by atoms with Crippen LogP contribution in [-0.4, -0.2) is 22.7 Å². The zero-order valence-corrected chi connectivity index (χ0v) is 12.8. The van der Waals surface area contributed by atoms with Crippen molar-refractivity contribution >= 4 is 40.5 Å². The number of carboxylic acids is 1. The topological polar surface area (TPSA) is 59.4 Å². The van der Waals surface area contributed by atoms with E-state index in [1.807, 2.05) is 6.92 Å². The minimum Gasteiger partial charge on any atom is -0.492 e. The second kappa shape index (κ2) is 6.43. The van der Waals surface area contributed by atoms with Crippen LogP contribution in [0.15, 0.2) is 17.5 Å². The standard InChI is InChI=1S/C13H11Cl2NO3S/c1-2-19-13-8(3-7(14)4-9(13)15)10-6-20-11(16-10)5-12(17)18/h3-4,6H,2,5H2,1H3,(H,17,18). The van der Waals surface area contributed by atoms with Gasteiger partial charge in [0, 0.05) is 16.0 Å². The summed E-state index contributed by atoms with van der Waals surface area (Å²) in [7, 11) is 0. The summed E-state index contributed by atoms with van der Waals surface area (Å²) in [6, 6.07) is 3.31. The molecule has 0 aliphatic rings. The van der Waals surface area contributed by atoms with E-state index in [0.29, 0.717) is 38.7 Å². The number of ether oxygens (including phenoxy) is 1. The van der Waals surface area contributed by atoms with E-state index in [9.17, 15) is 4.79 Å². The molecule has 1 aromatic carbocycles. The SMILES string of the molecule is CCOc1c(Cl)cc(Cl)cc1-c1csc(CC(=O)O)n1. The van der Waals surface area contributed by atoms with Crippen LogP contribution in [-0.2, 0) is 11.2 Å². The number of benzene rings is 1. The van der Waals surface area contributed by atoms with Gasteiger partial charge in [0.2, 0.25) is 0 Å². The number of aliphatic carboxylic acids is 1. The van der Waals surface area contributed by atoms with Crippen LogP contribution in [0.5, 0.6) is 5.75 Å². The fourth-order valence-electron chi connectivity index (χ4n) is 1.69. The summed E-state index contributed by atoms with van der Waals surface area (Å²) in [6.07, 6.45) is -0.108. The first-order chi connectivity index (χ1) is 9.51. The van der Waals surface area contributed by atoms with E-state index in [1.165, 1.54) is 11.3 Å². The fraction of sp³-hybridized carbons (Fsp3) is 0.231. The molecule has 7 heteroatoms. The Kier molecular flexibility index (Phi) is 4.86. The van der Waals surface area contributed by atoms with Crippen LogP contribution in [0.1, 0.15) is 11.9 Å². The Balaban J connectivity index is 2.45. The van der Waals surface area contributed by atoms with Crippen LogP contribution >= 0.6 is 34.5 Å². The molecule has 0 saturated heterocycles. The number of thiazole rings is 1. The Morgan fingerprint density at radius 3 is 2.85 bits per heavy atom. The lowest BCUT2D eigenvalue weighted by atomic mass is 10.1. The number of carboxylic acid groups (broad SMARTS) is 1. The van der Waals surface area contributed by atoms with Crippen molar-refractivity contribution in [3.63, 3.8) is 0 Å². The molecule has 1 aromatic heterocycles. The highest BCUT2D eigenvalue weighted by atomic mass is 35.5. The number of carbonyl (C=O) groups is 1. The number of rotatable bonds is 5. The van der Waals surface area contributed by atoms with Gasteiger partial charge in [-0.3, -0.25) is 4.79 Å². The van der Waals surface area contributed by atoms with Crippen molar-refractivity contribution in [1.29, 1.82) is 0 Å². The average Bonchev–Trinajstić information content (AvgIpc) is 2.79. The lowest BCUT2D eigenvalue weighted by molar-refractivity contribution is -0.136. The van der Waals surface area contributed by atoms with Crippen molar-refractivity contribution in [2.75, 3.05) is 6.61 Å². The maximum Gasteiger partial charge on any atom is 0.310 e. The lowest BCUT2D eigenvalue weighted by Crippen LogP contribution is -1.99. The Morgan fingerprint density at radius 2 is 2.20 bits per heavy atom. The quantitative estimate of drug-likeness (QED) is 0.894. The zero-order chi connectivity index (χ0) is 14.7. The van der Waals surface area contributed by atoms with E-state index in [4.69, 9.17) is 33.0 Å². The third-order valence-corrected chi connectivity index (χ3v) is 3.77. The van der Waals surface area contributed by atoms with Crippen molar-refractivity contribution < 1.29 is 14.6 Å². The van der Waals surface area contributed by atoms with Crippen LogP contribution in [0.25, 0.3) is 11.3 Å². The summed E-state index contributed by atoms with van der Waals surface area (Å²) < 4.78 is 5.53. The predicted octanol–water partition coefficient (Wildman–Crippen LogP) is 4.14. The molecule has 0 aliphatic carbocycles. The van der Waals surface area contributed by atoms with Gasteiger partial charge in [-0.2, -0.15) is 0 Å². The molecule has 106 valence electrons. The van der Waals surface area contributed by atoms with Crippen molar-refractivity contribution in [1.82, 2.24) is 4.98 Å². The molecule has 2 rings (SSSR count). The van der Waals surface area contributed by atoms with E-state index in [-0.39, 0.29) is 6.42 Å². The molecule has 0 bridgehead atoms. The third kappa shape index (κ3) is 3.42. The molecule has 0 saturated carbocycles. The van der Waals surface area contributed by atoms with Gasteiger partial charge >= 0.3 is 5.97 Å². The van der Waals surface area contributed by atoms with Crippen molar-refractivity contribution in [2.45, 2.75) is 13.3 Å². The molecule has 0 aliphatic heterocycles. The van der Waals surface area contributed by atoms with Gasteiger partial charge in [-0.25, -0.2) is 4.98 Å². The Labute approximate surface area is 129 Å². The molecule has 0 fully saturated rings. The van der Waals surface area contributed by atoms with E-state index in [2.05, 4.69) is 4.98 Å². The van der Waals surface area contributed by atoms with E-state index >= 15 is 0 Å². The highest BCUT2D eigenvalue weighted by Gasteiger charge is 2.16. The molecule has 1 N–H and O–H groups in total. The van der Waals surface area contributed by atoms with Gasteiger partial charge in [-0.15, -0.1) is 11.3 Å². The second-order valence-electron chi connectivity index (χ2n) is 3.89. The summed E-state index contributed by atoms with van der Waals surface area (Å²) in [5.41, 5.74) is 1.27. The summed E-state index contributed by atoms with van der Waals surface area (Å²) >= 11 is 13.4. The first-order valence-electron chi connectivity index (χ1n) is 5.79. The minimum atomic E-state index is -0.917.